The van der Waals surface area contributed by atoms with Crippen LogP contribution in [0.4, 0.5) is 0 Å². The van der Waals surface area contributed by atoms with Crippen LogP contribution in [0.2, 0.25) is 0 Å². The second kappa shape index (κ2) is 4.15. The van der Waals surface area contributed by atoms with Crippen molar-refractivity contribution < 1.29 is 9.90 Å². The van der Waals surface area contributed by atoms with Crippen molar-refractivity contribution in [1.82, 2.24) is 4.90 Å². The Bertz CT molecular complexity index is 450. The molecule has 0 bridgehead atoms. The molecule has 1 aromatic carbocycles. The van der Waals surface area contributed by atoms with Gasteiger partial charge < -0.3 is 10.0 Å². The van der Waals surface area contributed by atoms with Crippen LogP contribution in [0.3, 0.4) is 0 Å². The maximum Gasteiger partial charge on any atom is 0.254 e. The maximum absolute atomic E-state index is 12.1. The molecular formula is C14H17NO2. The van der Waals surface area contributed by atoms with E-state index >= 15 is 0 Å². The molecule has 1 aliphatic carbocycles. The largest absolute Gasteiger partial charge is 0.389 e. The smallest absolute Gasteiger partial charge is 0.254 e. The number of benzene rings is 1. The Morgan fingerprint density at radius 3 is 2.59 bits per heavy atom. The van der Waals surface area contributed by atoms with E-state index in [4.69, 9.17) is 0 Å². The number of likely N-dealkylation sites (tertiary alicyclic amines) is 1. The fourth-order valence-corrected chi connectivity index (χ4v) is 2.67. The average molecular weight is 231 g/mol. The Kier molecular flexibility index (Phi) is 2.63. The molecule has 0 aromatic heterocycles. The summed E-state index contributed by atoms with van der Waals surface area (Å²) in [6.45, 7) is 0.964. The van der Waals surface area contributed by atoms with Crippen LogP contribution in [-0.2, 0) is 12.8 Å². The molecule has 1 fully saturated rings. The third kappa shape index (κ3) is 1.95. The summed E-state index contributed by atoms with van der Waals surface area (Å²) < 4.78 is 0. The third-order valence-electron chi connectivity index (χ3n) is 3.74. The van der Waals surface area contributed by atoms with Gasteiger partial charge in [0.2, 0.25) is 0 Å². The van der Waals surface area contributed by atoms with E-state index in [0.717, 1.165) is 18.4 Å². The summed E-state index contributed by atoms with van der Waals surface area (Å²) in [6, 6.07) is 6.07. The molecule has 90 valence electrons. The van der Waals surface area contributed by atoms with Gasteiger partial charge in [0.15, 0.2) is 0 Å². The molecule has 1 N–H and O–H groups in total. The first-order chi connectivity index (χ1) is 8.24. The van der Waals surface area contributed by atoms with Crippen molar-refractivity contribution >= 4 is 5.91 Å². The average Bonchev–Trinajstić information content (AvgIpc) is 2.33. The number of hydrogen-bond donors (Lipinski definition) is 1. The number of carbonyl (C=O) groups excluding carboxylic acids is 1. The van der Waals surface area contributed by atoms with Crippen LogP contribution in [0, 0.1) is 0 Å². The van der Waals surface area contributed by atoms with Gasteiger partial charge in [0.05, 0.1) is 6.10 Å². The lowest BCUT2D eigenvalue weighted by Gasteiger charge is -2.36. The Morgan fingerprint density at radius 2 is 1.88 bits per heavy atom. The second-order valence-corrected chi connectivity index (χ2v) is 5.05. The van der Waals surface area contributed by atoms with Gasteiger partial charge in [-0.3, -0.25) is 4.79 Å². The fourth-order valence-electron chi connectivity index (χ4n) is 2.67. The summed E-state index contributed by atoms with van der Waals surface area (Å²) in [5.41, 5.74) is 3.51. The molecule has 0 radical (unpaired) electrons. The quantitative estimate of drug-likeness (QED) is 0.793. The Hall–Kier alpha value is -1.35. The van der Waals surface area contributed by atoms with E-state index in [2.05, 4.69) is 6.07 Å². The molecule has 1 amide bonds. The van der Waals surface area contributed by atoms with E-state index in [1.165, 1.54) is 24.0 Å². The maximum atomic E-state index is 12.1. The van der Waals surface area contributed by atoms with Crippen LogP contribution in [0.1, 0.15) is 34.3 Å². The van der Waals surface area contributed by atoms with Gasteiger partial charge in [-0.15, -0.1) is 0 Å². The van der Waals surface area contributed by atoms with Crippen molar-refractivity contribution in [2.75, 3.05) is 13.1 Å². The summed E-state index contributed by atoms with van der Waals surface area (Å²) in [7, 11) is 0. The number of amides is 1. The standard InChI is InChI=1S/C14H17NO2/c16-13-8-15(9-13)14(17)12-6-5-10-3-1-2-4-11(10)7-12/h5-7,13,16H,1-4,8-9H2. The summed E-state index contributed by atoms with van der Waals surface area (Å²) >= 11 is 0. The monoisotopic (exact) mass is 231 g/mol. The van der Waals surface area contributed by atoms with Crippen molar-refractivity contribution in [3.05, 3.63) is 34.9 Å². The highest BCUT2D eigenvalue weighted by molar-refractivity contribution is 5.95. The van der Waals surface area contributed by atoms with Gasteiger partial charge in [-0.25, -0.2) is 0 Å². The highest BCUT2D eigenvalue weighted by atomic mass is 16.3. The summed E-state index contributed by atoms with van der Waals surface area (Å²) in [4.78, 5) is 13.8. The van der Waals surface area contributed by atoms with Crippen LogP contribution in [0.25, 0.3) is 0 Å². The van der Waals surface area contributed by atoms with Gasteiger partial charge in [-0.1, -0.05) is 6.07 Å². The second-order valence-electron chi connectivity index (χ2n) is 5.05. The van der Waals surface area contributed by atoms with Crippen LogP contribution >= 0.6 is 0 Å². The first kappa shape index (κ1) is 10.8. The molecule has 0 atom stereocenters. The number of rotatable bonds is 1. The van der Waals surface area contributed by atoms with E-state index in [1.807, 2.05) is 12.1 Å². The molecule has 1 aromatic rings. The molecule has 1 saturated heterocycles. The zero-order valence-electron chi connectivity index (χ0n) is 9.85. The van der Waals surface area contributed by atoms with Crippen molar-refractivity contribution in [2.24, 2.45) is 0 Å². The molecule has 0 unspecified atom stereocenters. The van der Waals surface area contributed by atoms with Crippen LogP contribution < -0.4 is 0 Å². The molecule has 0 saturated carbocycles. The van der Waals surface area contributed by atoms with Gasteiger partial charge in [0.25, 0.3) is 5.91 Å². The van der Waals surface area contributed by atoms with E-state index in [0.29, 0.717) is 13.1 Å². The first-order valence-corrected chi connectivity index (χ1v) is 6.33. The van der Waals surface area contributed by atoms with Crippen molar-refractivity contribution in [3.63, 3.8) is 0 Å². The van der Waals surface area contributed by atoms with Crippen LogP contribution in [0.15, 0.2) is 18.2 Å². The van der Waals surface area contributed by atoms with Crippen LogP contribution in [0.5, 0.6) is 0 Å². The number of fused-ring (bicyclic) bond motifs is 1. The SMILES string of the molecule is O=C(c1ccc2c(c1)CCCC2)N1CC(O)C1. The Morgan fingerprint density at radius 1 is 1.18 bits per heavy atom. The summed E-state index contributed by atoms with van der Waals surface area (Å²) in [5.74, 6) is 0.0590. The lowest BCUT2D eigenvalue weighted by molar-refractivity contribution is 0.00589. The third-order valence-corrected chi connectivity index (χ3v) is 3.74. The van der Waals surface area contributed by atoms with Gasteiger partial charge in [-0.2, -0.15) is 0 Å². The number of hydrogen-bond acceptors (Lipinski definition) is 2. The topological polar surface area (TPSA) is 40.5 Å². The molecule has 17 heavy (non-hydrogen) atoms. The molecule has 3 heteroatoms. The molecule has 1 aliphatic heterocycles. The number of nitrogens with zero attached hydrogens (tertiary/aromatic N) is 1. The Balaban J connectivity index is 1.81. The molecule has 3 nitrogen and oxygen atoms in total. The van der Waals surface area contributed by atoms with E-state index in [1.54, 1.807) is 4.90 Å². The molecule has 0 spiro atoms. The number of aliphatic hydroxyl groups excluding tert-OH is 1. The van der Waals surface area contributed by atoms with Gasteiger partial charge in [0, 0.05) is 18.7 Å². The predicted octanol–water partition coefficient (Wildman–Crippen LogP) is 1.38. The van der Waals surface area contributed by atoms with Crippen LogP contribution in [-0.4, -0.2) is 35.1 Å². The minimum Gasteiger partial charge on any atom is -0.389 e. The van der Waals surface area contributed by atoms with Crippen molar-refractivity contribution in [1.29, 1.82) is 0 Å². The summed E-state index contributed by atoms with van der Waals surface area (Å²) in [5, 5.41) is 9.21. The highest BCUT2D eigenvalue weighted by Gasteiger charge is 2.29. The highest BCUT2D eigenvalue weighted by Crippen LogP contribution is 2.23. The zero-order valence-corrected chi connectivity index (χ0v) is 9.85. The fraction of sp³-hybridized carbons (Fsp3) is 0.500. The van der Waals surface area contributed by atoms with E-state index in [9.17, 15) is 9.90 Å². The van der Waals surface area contributed by atoms with Gasteiger partial charge in [0.1, 0.15) is 0 Å². The number of aryl methyl sites for hydroxylation is 2. The summed E-state index contributed by atoms with van der Waals surface area (Å²) in [6.07, 6.45) is 4.41. The molecule has 1 heterocycles. The number of β-amino-alcohol motifs (C(OH)–C–C–N with tert-alkyl or cyclic N) is 1. The number of aliphatic hydroxyl groups is 1. The number of carbonyl (C=O) groups is 1. The van der Waals surface area contributed by atoms with Crippen molar-refractivity contribution in [2.45, 2.75) is 31.8 Å². The van der Waals surface area contributed by atoms with E-state index in [-0.39, 0.29) is 12.0 Å². The predicted molar refractivity (Wildman–Crippen MR) is 65.0 cm³/mol. The molecule has 2 aliphatic rings. The van der Waals surface area contributed by atoms with Crippen molar-refractivity contribution in [3.8, 4) is 0 Å². The first-order valence-electron chi connectivity index (χ1n) is 6.33. The Labute approximate surface area is 101 Å². The normalized spacial score (nSPS) is 19.7. The lowest BCUT2D eigenvalue weighted by atomic mass is 9.90. The minimum atomic E-state index is -0.323. The van der Waals surface area contributed by atoms with Gasteiger partial charge in [-0.05, 0) is 48.9 Å². The van der Waals surface area contributed by atoms with Gasteiger partial charge >= 0.3 is 0 Å². The lowest BCUT2D eigenvalue weighted by Crippen LogP contribution is -2.53. The molecule has 3 rings (SSSR count). The minimum absolute atomic E-state index is 0.0590. The molecular weight excluding hydrogens is 214 g/mol. The van der Waals surface area contributed by atoms with E-state index < -0.39 is 0 Å². The zero-order chi connectivity index (χ0) is 11.8.